The first-order valence-corrected chi connectivity index (χ1v) is 3.88. The maximum Gasteiger partial charge on any atom is 0.134 e. The van der Waals surface area contributed by atoms with Crippen molar-refractivity contribution in [1.82, 2.24) is 0 Å². The van der Waals surface area contributed by atoms with Gasteiger partial charge in [-0.15, -0.1) is 0 Å². The molecular weight excluding hydrogens is 151 g/mol. The minimum absolute atomic E-state index is 0.174. The molecule has 12 heavy (non-hydrogen) atoms. The van der Waals surface area contributed by atoms with E-state index >= 15 is 0 Å². The maximum atomic E-state index is 13.4. The second kappa shape index (κ2) is 3.53. The van der Waals surface area contributed by atoms with E-state index < -0.39 is 0 Å². The van der Waals surface area contributed by atoms with Crippen LogP contribution in [0.25, 0.3) is 6.08 Å². The third-order valence-corrected chi connectivity index (χ3v) is 1.79. The first-order chi connectivity index (χ1) is 5.66. The summed E-state index contributed by atoms with van der Waals surface area (Å²) in [5.74, 6) is 0.809. The summed E-state index contributed by atoms with van der Waals surface area (Å²) in [7, 11) is 0. The minimum Gasteiger partial charge on any atom is -0.206 e. The molecule has 0 fully saturated rings. The van der Waals surface area contributed by atoms with E-state index in [-0.39, 0.29) is 5.82 Å². The smallest absolute Gasteiger partial charge is 0.134 e. The van der Waals surface area contributed by atoms with Gasteiger partial charge < -0.3 is 0 Å². The van der Waals surface area contributed by atoms with Crippen molar-refractivity contribution in [3.8, 4) is 0 Å². The van der Waals surface area contributed by atoms with Gasteiger partial charge in [0.2, 0.25) is 0 Å². The molecule has 1 aromatic carbocycles. The molecule has 0 amide bonds. The van der Waals surface area contributed by atoms with Crippen LogP contribution < -0.4 is 0 Å². The highest BCUT2D eigenvalue weighted by Crippen LogP contribution is 2.20. The summed E-state index contributed by atoms with van der Waals surface area (Å²) in [6, 6.07) is 5.33. The van der Waals surface area contributed by atoms with Crippen LogP contribution in [0.2, 0.25) is 0 Å². The van der Waals surface area contributed by atoms with E-state index in [0.717, 1.165) is 5.92 Å². The van der Waals surface area contributed by atoms with E-state index in [2.05, 4.69) is 6.58 Å². The molecule has 0 aliphatic rings. The van der Waals surface area contributed by atoms with E-state index in [1.807, 2.05) is 19.9 Å². The molecule has 0 bridgehead atoms. The van der Waals surface area contributed by atoms with Gasteiger partial charge in [-0.1, -0.05) is 44.7 Å². The van der Waals surface area contributed by atoms with Crippen molar-refractivity contribution < 1.29 is 4.39 Å². The van der Waals surface area contributed by atoms with Gasteiger partial charge in [-0.05, 0) is 5.56 Å². The average Bonchev–Trinajstić information content (AvgIpc) is 2.04. The fourth-order valence-electron chi connectivity index (χ4n) is 1.09. The number of hydrogen-bond donors (Lipinski definition) is 0. The number of rotatable bonds is 2. The predicted molar refractivity (Wildman–Crippen MR) is 50.2 cm³/mol. The normalized spacial score (nSPS) is 10.3. The summed E-state index contributed by atoms with van der Waals surface area (Å²) in [6.45, 7) is 7.33. The van der Waals surface area contributed by atoms with Crippen LogP contribution in [0, 0.1) is 11.7 Å². The molecule has 1 aromatic rings. The topological polar surface area (TPSA) is 0 Å². The molecule has 0 nitrogen and oxygen atoms in total. The molecule has 0 aliphatic carbocycles. The highest BCUT2D eigenvalue weighted by molar-refractivity contribution is 5.51. The van der Waals surface area contributed by atoms with E-state index in [1.165, 1.54) is 6.08 Å². The Labute approximate surface area is 72.7 Å². The second-order valence-electron chi connectivity index (χ2n) is 2.91. The number of benzene rings is 1. The van der Waals surface area contributed by atoms with Gasteiger partial charge in [0.25, 0.3) is 0 Å². The molecule has 0 N–H and O–H groups in total. The fraction of sp³-hybridized carbons (Fsp3) is 0.182. The molecule has 0 aliphatic heterocycles. The van der Waals surface area contributed by atoms with Gasteiger partial charge in [0.1, 0.15) is 5.82 Å². The maximum absolute atomic E-state index is 13.4. The average molecular weight is 163 g/mol. The Bertz CT molecular complexity index is 287. The Kier molecular flexibility index (Phi) is 2.64. The third-order valence-electron chi connectivity index (χ3n) is 1.79. The fourth-order valence-corrected chi connectivity index (χ4v) is 1.09. The Morgan fingerprint density at radius 1 is 1.42 bits per heavy atom. The zero-order valence-corrected chi connectivity index (χ0v) is 7.39. The van der Waals surface area contributed by atoms with E-state index in [4.69, 9.17) is 0 Å². The van der Waals surface area contributed by atoms with Crippen LogP contribution in [0.5, 0.6) is 0 Å². The zero-order chi connectivity index (χ0) is 9.14. The molecule has 63 valence electrons. The van der Waals surface area contributed by atoms with Crippen molar-refractivity contribution >= 4 is 6.08 Å². The standard InChI is InChI=1S/C11H12F/c1-4-9-6-5-7-10(8(2)3)11(9)12/h4-7H,1H2,2-3H3. The van der Waals surface area contributed by atoms with Crippen molar-refractivity contribution in [2.24, 2.45) is 0 Å². The van der Waals surface area contributed by atoms with E-state index in [0.29, 0.717) is 11.1 Å². The van der Waals surface area contributed by atoms with Crippen LogP contribution in [0.15, 0.2) is 24.8 Å². The summed E-state index contributed by atoms with van der Waals surface area (Å²) >= 11 is 0. The van der Waals surface area contributed by atoms with Crippen LogP contribution in [0.3, 0.4) is 0 Å². The van der Waals surface area contributed by atoms with Gasteiger partial charge in [0.05, 0.1) is 0 Å². The van der Waals surface area contributed by atoms with E-state index in [1.54, 1.807) is 12.1 Å². The van der Waals surface area contributed by atoms with Crippen molar-refractivity contribution in [1.29, 1.82) is 0 Å². The summed E-state index contributed by atoms with van der Waals surface area (Å²) in [6.07, 6.45) is 1.53. The lowest BCUT2D eigenvalue weighted by atomic mass is 10.00. The molecule has 1 heteroatoms. The SMILES string of the molecule is C=Cc1cccc([C](C)C)c1F. The van der Waals surface area contributed by atoms with Crippen molar-refractivity contribution in [2.45, 2.75) is 13.8 Å². The Morgan fingerprint density at radius 3 is 2.58 bits per heavy atom. The van der Waals surface area contributed by atoms with Gasteiger partial charge in [0.15, 0.2) is 0 Å². The molecule has 0 saturated carbocycles. The number of hydrogen-bond acceptors (Lipinski definition) is 0. The van der Waals surface area contributed by atoms with Gasteiger partial charge in [-0.3, -0.25) is 0 Å². The van der Waals surface area contributed by atoms with Crippen LogP contribution in [-0.4, -0.2) is 0 Å². The van der Waals surface area contributed by atoms with Gasteiger partial charge in [-0.25, -0.2) is 4.39 Å². The number of halogens is 1. The first-order valence-electron chi connectivity index (χ1n) is 3.88. The molecule has 0 saturated heterocycles. The van der Waals surface area contributed by atoms with Gasteiger partial charge in [0, 0.05) is 11.5 Å². The molecule has 0 atom stereocenters. The van der Waals surface area contributed by atoms with Crippen molar-refractivity contribution in [2.75, 3.05) is 0 Å². The van der Waals surface area contributed by atoms with Gasteiger partial charge in [-0.2, -0.15) is 0 Å². The zero-order valence-electron chi connectivity index (χ0n) is 7.39. The van der Waals surface area contributed by atoms with Gasteiger partial charge >= 0.3 is 0 Å². The molecule has 0 aromatic heterocycles. The summed E-state index contributed by atoms with van der Waals surface area (Å²) in [5, 5.41) is 0. The Balaban J connectivity index is 3.22. The third kappa shape index (κ3) is 1.55. The molecule has 1 rings (SSSR count). The lowest BCUT2D eigenvalue weighted by Gasteiger charge is -2.07. The van der Waals surface area contributed by atoms with Crippen molar-refractivity contribution in [3.63, 3.8) is 0 Å². The Morgan fingerprint density at radius 2 is 2.08 bits per heavy atom. The largest absolute Gasteiger partial charge is 0.206 e. The highest BCUT2D eigenvalue weighted by Gasteiger charge is 2.08. The summed E-state index contributed by atoms with van der Waals surface area (Å²) in [4.78, 5) is 0. The quantitative estimate of drug-likeness (QED) is 0.626. The molecule has 0 unspecified atom stereocenters. The Hall–Kier alpha value is -1.11. The molecule has 0 spiro atoms. The van der Waals surface area contributed by atoms with Crippen LogP contribution in [0.4, 0.5) is 4.39 Å². The minimum atomic E-state index is -0.174. The van der Waals surface area contributed by atoms with E-state index in [9.17, 15) is 4.39 Å². The van der Waals surface area contributed by atoms with Crippen LogP contribution in [-0.2, 0) is 0 Å². The summed E-state index contributed by atoms with van der Waals surface area (Å²) < 4.78 is 13.4. The lowest BCUT2D eigenvalue weighted by molar-refractivity contribution is 0.613. The summed E-state index contributed by atoms with van der Waals surface area (Å²) in [5.41, 5.74) is 1.24. The van der Waals surface area contributed by atoms with Crippen LogP contribution >= 0.6 is 0 Å². The second-order valence-corrected chi connectivity index (χ2v) is 2.91. The molecule has 1 radical (unpaired) electrons. The predicted octanol–water partition coefficient (Wildman–Crippen LogP) is 3.43. The first kappa shape index (κ1) is 8.98. The van der Waals surface area contributed by atoms with Crippen molar-refractivity contribution in [3.05, 3.63) is 47.6 Å². The molecule has 0 heterocycles. The molecular formula is C11H12F. The lowest BCUT2D eigenvalue weighted by Crippen LogP contribution is -1.95. The highest BCUT2D eigenvalue weighted by atomic mass is 19.1. The monoisotopic (exact) mass is 163 g/mol. The van der Waals surface area contributed by atoms with Crippen LogP contribution in [0.1, 0.15) is 25.0 Å².